The van der Waals surface area contributed by atoms with Crippen LogP contribution in [-0.4, -0.2) is 23.7 Å². The van der Waals surface area contributed by atoms with Crippen LogP contribution in [0.25, 0.3) is 11.3 Å². The van der Waals surface area contributed by atoms with Gasteiger partial charge in [-0.1, -0.05) is 35.0 Å². The standard InChI is InChI=1S/C15H19N3O2/c1-10-3-5-12(6-4-10)13-9-14(20-18-13)15(19)17-8-7-11(2)16/h3-6,9,11H,7-8,16H2,1-2H3,(H,17,19). The van der Waals surface area contributed by atoms with Gasteiger partial charge in [0.1, 0.15) is 5.69 Å². The third kappa shape index (κ3) is 3.68. The van der Waals surface area contributed by atoms with Gasteiger partial charge in [-0.25, -0.2) is 0 Å². The van der Waals surface area contributed by atoms with E-state index in [-0.39, 0.29) is 17.7 Å². The van der Waals surface area contributed by atoms with Crippen molar-refractivity contribution in [2.75, 3.05) is 6.54 Å². The topological polar surface area (TPSA) is 81.2 Å². The molecule has 5 nitrogen and oxygen atoms in total. The van der Waals surface area contributed by atoms with Gasteiger partial charge in [0.15, 0.2) is 0 Å². The Labute approximate surface area is 118 Å². The third-order valence-electron chi connectivity index (χ3n) is 2.97. The monoisotopic (exact) mass is 273 g/mol. The van der Waals surface area contributed by atoms with Gasteiger partial charge in [-0.3, -0.25) is 4.79 Å². The molecular weight excluding hydrogens is 254 g/mol. The molecule has 0 saturated carbocycles. The quantitative estimate of drug-likeness (QED) is 0.874. The lowest BCUT2D eigenvalue weighted by atomic mass is 10.1. The lowest BCUT2D eigenvalue weighted by Gasteiger charge is -2.04. The van der Waals surface area contributed by atoms with Crippen molar-refractivity contribution in [1.29, 1.82) is 0 Å². The van der Waals surface area contributed by atoms with Gasteiger partial charge in [-0.05, 0) is 20.3 Å². The number of rotatable bonds is 5. The molecule has 0 aliphatic heterocycles. The van der Waals surface area contributed by atoms with E-state index in [1.807, 2.05) is 38.1 Å². The van der Waals surface area contributed by atoms with Gasteiger partial charge in [0.25, 0.3) is 5.91 Å². The van der Waals surface area contributed by atoms with Crippen molar-refractivity contribution >= 4 is 5.91 Å². The predicted molar refractivity (Wildman–Crippen MR) is 77.3 cm³/mol. The summed E-state index contributed by atoms with van der Waals surface area (Å²) in [5.41, 5.74) is 8.37. The summed E-state index contributed by atoms with van der Waals surface area (Å²) in [4.78, 5) is 11.8. The van der Waals surface area contributed by atoms with Gasteiger partial charge in [-0.15, -0.1) is 0 Å². The van der Waals surface area contributed by atoms with E-state index in [4.69, 9.17) is 10.3 Å². The van der Waals surface area contributed by atoms with Gasteiger partial charge >= 0.3 is 0 Å². The fourth-order valence-corrected chi connectivity index (χ4v) is 1.74. The molecule has 0 bridgehead atoms. The van der Waals surface area contributed by atoms with Crippen LogP contribution in [0.2, 0.25) is 0 Å². The maximum absolute atomic E-state index is 11.8. The Hall–Kier alpha value is -2.14. The highest BCUT2D eigenvalue weighted by atomic mass is 16.5. The van der Waals surface area contributed by atoms with E-state index in [0.717, 1.165) is 12.0 Å². The smallest absolute Gasteiger partial charge is 0.289 e. The summed E-state index contributed by atoms with van der Waals surface area (Å²) in [6.45, 7) is 4.44. The predicted octanol–water partition coefficient (Wildman–Crippen LogP) is 2.12. The summed E-state index contributed by atoms with van der Waals surface area (Å²) < 4.78 is 5.08. The van der Waals surface area contributed by atoms with Crippen molar-refractivity contribution < 1.29 is 9.32 Å². The van der Waals surface area contributed by atoms with E-state index in [9.17, 15) is 4.79 Å². The first kappa shape index (κ1) is 14.3. The largest absolute Gasteiger partial charge is 0.350 e. The van der Waals surface area contributed by atoms with Crippen LogP contribution in [0, 0.1) is 6.92 Å². The Bertz CT molecular complexity index is 573. The molecule has 1 heterocycles. The molecule has 1 aromatic carbocycles. The molecule has 0 spiro atoms. The number of hydrogen-bond acceptors (Lipinski definition) is 4. The van der Waals surface area contributed by atoms with Crippen molar-refractivity contribution in [2.45, 2.75) is 26.3 Å². The van der Waals surface area contributed by atoms with Gasteiger partial charge < -0.3 is 15.6 Å². The SMILES string of the molecule is Cc1ccc(-c2cc(C(=O)NCCC(C)N)on2)cc1. The molecule has 0 radical (unpaired) electrons. The first-order chi connectivity index (χ1) is 9.56. The molecule has 0 saturated heterocycles. The van der Waals surface area contributed by atoms with E-state index in [1.54, 1.807) is 6.07 Å². The van der Waals surface area contributed by atoms with Gasteiger partial charge in [0.05, 0.1) is 0 Å². The molecule has 1 aromatic heterocycles. The number of amides is 1. The third-order valence-corrected chi connectivity index (χ3v) is 2.97. The second-order valence-corrected chi connectivity index (χ2v) is 4.96. The second kappa shape index (κ2) is 6.34. The highest BCUT2D eigenvalue weighted by Gasteiger charge is 2.13. The summed E-state index contributed by atoms with van der Waals surface area (Å²) >= 11 is 0. The summed E-state index contributed by atoms with van der Waals surface area (Å²) in [5.74, 6) is -0.0539. The zero-order valence-corrected chi connectivity index (χ0v) is 11.7. The average molecular weight is 273 g/mol. The second-order valence-electron chi connectivity index (χ2n) is 4.96. The molecule has 20 heavy (non-hydrogen) atoms. The molecule has 5 heteroatoms. The van der Waals surface area contributed by atoms with Crippen LogP contribution >= 0.6 is 0 Å². The summed E-state index contributed by atoms with van der Waals surface area (Å²) in [7, 11) is 0. The normalized spacial score (nSPS) is 12.2. The summed E-state index contributed by atoms with van der Waals surface area (Å²) in [6, 6.07) is 9.59. The Balaban J connectivity index is 2.01. The molecule has 2 aromatic rings. The molecule has 1 atom stereocenters. The van der Waals surface area contributed by atoms with Crippen molar-refractivity contribution in [2.24, 2.45) is 5.73 Å². The fraction of sp³-hybridized carbons (Fsp3) is 0.333. The number of nitrogens with two attached hydrogens (primary N) is 1. The molecule has 2 rings (SSSR count). The maximum atomic E-state index is 11.8. The first-order valence-corrected chi connectivity index (χ1v) is 6.64. The fourth-order valence-electron chi connectivity index (χ4n) is 1.74. The highest BCUT2D eigenvalue weighted by molar-refractivity contribution is 5.92. The number of nitrogens with one attached hydrogen (secondary N) is 1. The molecule has 0 aliphatic carbocycles. The van der Waals surface area contributed by atoms with Crippen LogP contribution in [-0.2, 0) is 0 Å². The number of carbonyl (C=O) groups excluding carboxylic acids is 1. The number of aryl methyl sites for hydroxylation is 1. The summed E-state index contributed by atoms with van der Waals surface area (Å²) in [5, 5.41) is 6.67. The van der Waals surface area contributed by atoms with Crippen LogP contribution in [0.4, 0.5) is 0 Å². The van der Waals surface area contributed by atoms with Gasteiger partial charge in [0.2, 0.25) is 5.76 Å². The lowest BCUT2D eigenvalue weighted by Crippen LogP contribution is -2.28. The minimum absolute atomic E-state index is 0.0631. The number of aromatic nitrogens is 1. The highest BCUT2D eigenvalue weighted by Crippen LogP contribution is 2.19. The summed E-state index contributed by atoms with van der Waals surface area (Å²) in [6.07, 6.45) is 0.727. The average Bonchev–Trinajstić information content (AvgIpc) is 2.88. The minimum atomic E-state index is -0.267. The number of benzene rings is 1. The van der Waals surface area contributed by atoms with E-state index in [1.165, 1.54) is 5.56 Å². The molecule has 1 amide bonds. The molecule has 106 valence electrons. The molecule has 1 unspecified atom stereocenters. The van der Waals surface area contributed by atoms with Crippen LogP contribution in [0.3, 0.4) is 0 Å². The van der Waals surface area contributed by atoms with Gasteiger partial charge in [-0.2, -0.15) is 0 Å². The number of nitrogens with zero attached hydrogens (tertiary/aromatic N) is 1. The van der Waals surface area contributed by atoms with Crippen LogP contribution in [0.1, 0.15) is 29.5 Å². The maximum Gasteiger partial charge on any atom is 0.289 e. The molecule has 3 N–H and O–H groups in total. The zero-order valence-electron chi connectivity index (χ0n) is 11.7. The zero-order chi connectivity index (χ0) is 14.5. The number of carbonyl (C=O) groups is 1. The Morgan fingerprint density at radius 1 is 1.40 bits per heavy atom. The van der Waals surface area contributed by atoms with Gasteiger partial charge in [0, 0.05) is 24.2 Å². The van der Waals surface area contributed by atoms with E-state index in [0.29, 0.717) is 12.2 Å². The van der Waals surface area contributed by atoms with Crippen LogP contribution in [0.15, 0.2) is 34.9 Å². The van der Waals surface area contributed by atoms with Crippen molar-refractivity contribution in [3.63, 3.8) is 0 Å². The Morgan fingerprint density at radius 2 is 2.10 bits per heavy atom. The van der Waals surface area contributed by atoms with E-state index >= 15 is 0 Å². The van der Waals surface area contributed by atoms with E-state index in [2.05, 4.69) is 10.5 Å². The van der Waals surface area contributed by atoms with Crippen LogP contribution < -0.4 is 11.1 Å². The first-order valence-electron chi connectivity index (χ1n) is 6.64. The minimum Gasteiger partial charge on any atom is -0.350 e. The molecule has 0 fully saturated rings. The number of hydrogen-bond donors (Lipinski definition) is 2. The van der Waals surface area contributed by atoms with Crippen molar-refractivity contribution in [3.05, 3.63) is 41.7 Å². The molecule has 0 aliphatic rings. The van der Waals surface area contributed by atoms with Crippen molar-refractivity contribution in [3.8, 4) is 11.3 Å². The lowest BCUT2D eigenvalue weighted by molar-refractivity contribution is 0.0916. The molecular formula is C15H19N3O2. The Morgan fingerprint density at radius 3 is 2.75 bits per heavy atom. The van der Waals surface area contributed by atoms with E-state index < -0.39 is 0 Å². The Kier molecular flexibility index (Phi) is 4.53. The van der Waals surface area contributed by atoms with Crippen molar-refractivity contribution in [1.82, 2.24) is 10.5 Å². The van der Waals surface area contributed by atoms with Crippen LogP contribution in [0.5, 0.6) is 0 Å².